The van der Waals surface area contributed by atoms with Crippen LogP contribution in [0.15, 0.2) is 36.5 Å². The number of carbonyl (C=O) groups excluding carboxylic acids is 3. The van der Waals surface area contributed by atoms with Gasteiger partial charge in [-0.1, -0.05) is 45.0 Å². The Balaban J connectivity index is 2.21. The Bertz CT molecular complexity index is 830. The van der Waals surface area contributed by atoms with E-state index in [1.807, 2.05) is 44.2 Å². The van der Waals surface area contributed by atoms with Crippen molar-refractivity contribution in [3.63, 3.8) is 0 Å². The molecule has 2 radical (unpaired) electrons. The molecule has 0 aliphatic carbocycles. The third kappa shape index (κ3) is 4.96. The van der Waals surface area contributed by atoms with Crippen LogP contribution in [0.25, 0.3) is 10.8 Å². The molecule has 6 heteroatoms. The first-order valence-corrected chi connectivity index (χ1v) is 8.82. The highest BCUT2D eigenvalue weighted by Gasteiger charge is 2.29. The van der Waals surface area contributed by atoms with Crippen LogP contribution in [0.4, 0.5) is 4.39 Å². The molecule has 5 nitrogen and oxygen atoms in total. The zero-order valence-electron chi connectivity index (χ0n) is 15.4. The van der Waals surface area contributed by atoms with E-state index in [0.29, 0.717) is 5.69 Å². The Morgan fingerprint density at radius 2 is 1.93 bits per heavy atom. The molecule has 1 aromatic heterocycles. The van der Waals surface area contributed by atoms with Gasteiger partial charge in [0.05, 0.1) is 6.04 Å². The second kappa shape index (κ2) is 9.35. The average molecular weight is 370 g/mol. The van der Waals surface area contributed by atoms with Crippen molar-refractivity contribution in [2.45, 2.75) is 32.7 Å². The Morgan fingerprint density at radius 1 is 1.22 bits per heavy atom. The number of halogens is 1. The SMILES string of the molecule is [CH2]CC(NC(=O)C(CC(=O)c1nccc2ccccc12)C(C)C)C(=O)[CH]F. The summed E-state index contributed by atoms with van der Waals surface area (Å²) in [4.78, 5) is 41.1. The van der Waals surface area contributed by atoms with Crippen LogP contribution in [-0.4, -0.2) is 28.5 Å². The first kappa shape index (κ1) is 20.7. The molecular formula is C21H23FN2O3. The number of carbonyl (C=O) groups is 3. The number of nitrogens with zero attached hydrogens (tertiary/aromatic N) is 1. The minimum atomic E-state index is -1.03. The van der Waals surface area contributed by atoms with Gasteiger partial charge in [0.25, 0.3) is 0 Å². The average Bonchev–Trinajstić information content (AvgIpc) is 2.68. The second-order valence-electron chi connectivity index (χ2n) is 6.72. The van der Waals surface area contributed by atoms with Crippen LogP contribution in [0.5, 0.6) is 0 Å². The number of rotatable bonds is 9. The molecule has 2 aromatic rings. The minimum absolute atomic E-state index is 0.0225. The quantitative estimate of drug-likeness (QED) is 0.686. The van der Waals surface area contributed by atoms with E-state index in [2.05, 4.69) is 17.2 Å². The van der Waals surface area contributed by atoms with Crippen LogP contribution < -0.4 is 5.32 Å². The Labute approximate surface area is 158 Å². The van der Waals surface area contributed by atoms with Crippen molar-refractivity contribution in [2.24, 2.45) is 11.8 Å². The van der Waals surface area contributed by atoms with Crippen LogP contribution in [-0.2, 0) is 9.59 Å². The number of fused-ring (bicyclic) bond motifs is 1. The molecule has 1 N–H and O–H groups in total. The summed E-state index contributed by atoms with van der Waals surface area (Å²) in [6, 6.07) is 8.18. The third-order valence-corrected chi connectivity index (χ3v) is 4.54. The number of hydrogen-bond donors (Lipinski definition) is 1. The smallest absolute Gasteiger partial charge is 0.224 e. The molecule has 0 spiro atoms. The van der Waals surface area contributed by atoms with Crippen molar-refractivity contribution < 1.29 is 18.8 Å². The minimum Gasteiger partial charge on any atom is -0.346 e. The van der Waals surface area contributed by atoms with E-state index in [1.54, 1.807) is 6.20 Å². The van der Waals surface area contributed by atoms with E-state index in [0.717, 1.165) is 10.8 Å². The maximum Gasteiger partial charge on any atom is 0.224 e. The Hall–Kier alpha value is -2.63. The van der Waals surface area contributed by atoms with Crippen LogP contribution in [0.2, 0.25) is 0 Å². The number of hydrogen-bond acceptors (Lipinski definition) is 4. The van der Waals surface area contributed by atoms with E-state index in [-0.39, 0.29) is 31.2 Å². The maximum atomic E-state index is 12.8. The zero-order valence-corrected chi connectivity index (χ0v) is 15.4. The molecule has 2 unspecified atom stereocenters. The molecular weight excluding hydrogens is 347 g/mol. The summed E-state index contributed by atoms with van der Waals surface area (Å²) in [6.07, 6.45) is 1.53. The second-order valence-corrected chi connectivity index (χ2v) is 6.72. The van der Waals surface area contributed by atoms with Gasteiger partial charge >= 0.3 is 0 Å². The molecule has 0 saturated carbocycles. The number of Topliss-reactive ketones (excluding diaryl/α,β-unsaturated/α-hetero) is 2. The summed E-state index contributed by atoms with van der Waals surface area (Å²) in [5.41, 5.74) is 0.313. The highest BCUT2D eigenvalue weighted by Crippen LogP contribution is 2.23. The summed E-state index contributed by atoms with van der Waals surface area (Å²) in [5.74, 6) is -2.39. The predicted octanol–water partition coefficient (Wildman–Crippen LogP) is 3.49. The Morgan fingerprint density at radius 3 is 2.56 bits per heavy atom. The summed E-state index contributed by atoms with van der Waals surface area (Å²) in [7, 11) is 0. The fourth-order valence-electron chi connectivity index (χ4n) is 2.91. The largest absolute Gasteiger partial charge is 0.346 e. The van der Waals surface area contributed by atoms with Gasteiger partial charge in [-0.15, -0.1) is 0 Å². The molecule has 1 aromatic carbocycles. The topological polar surface area (TPSA) is 76.1 Å². The van der Waals surface area contributed by atoms with Gasteiger partial charge in [-0.05, 0) is 23.8 Å². The lowest BCUT2D eigenvalue weighted by atomic mass is 9.88. The van der Waals surface area contributed by atoms with E-state index in [9.17, 15) is 18.8 Å². The van der Waals surface area contributed by atoms with Gasteiger partial charge in [0.2, 0.25) is 5.91 Å². The van der Waals surface area contributed by atoms with E-state index in [4.69, 9.17) is 0 Å². The van der Waals surface area contributed by atoms with Crippen molar-refractivity contribution in [1.82, 2.24) is 10.3 Å². The fraction of sp³-hybridized carbons (Fsp3) is 0.333. The number of pyridine rings is 1. The summed E-state index contributed by atoms with van der Waals surface area (Å²) in [6.45, 7) is 7.11. The first-order valence-electron chi connectivity index (χ1n) is 8.82. The molecule has 0 saturated heterocycles. The van der Waals surface area contributed by atoms with Crippen LogP contribution in [0, 0.1) is 25.4 Å². The van der Waals surface area contributed by atoms with Crippen LogP contribution in [0.3, 0.4) is 0 Å². The number of ketones is 2. The molecule has 142 valence electrons. The fourth-order valence-corrected chi connectivity index (χ4v) is 2.91. The monoisotopic (exact) mass is 370 g/mol. The highest BCUT2D eigenvalue weighted by atomic mass is 19.1. The molecule has 1 amide bonds. The molecule has 2 rings (SSSR count). The molecule has 2 atom stereocenters. The number of nitrogens with one attached hydrogen (secondary N) is 1. The molecule has 0 fully saturated rings. The van der Waals surface area contributed by atoms with E-state index < -0.39 is 23.7 Å². The van der Waals surface area contributed by atoms with E-state index >= 15 is 0 Å². The van der Waals surface area contributed by atoms with Crippen molar-refractivity contribution in [1.29, 1.82) is 0 Å². The highest BCUT2D eigenvalue weighted by molar-refractivity contribution is 6.07. The number of benzene rings is 1. The van der Waals surface area contributed by atoms with Gasteiger partial charge in [-0.3, -0.25) is 19.4 Å². The third-order valence-electron chi connectivity index (χ3n) is 4.54. The first-order chi connectivity index (χ1) is 12.9. The van der Waals surface area contributed by atoms with Crippen molar-refractivity contribution in [3.8, 4) is 0 Å². The predicted molar refractivity (Wildman–Crippen MR) is 101 cm³/mol. The van der Waals surface area contributed by atoms with Gasteiger partial charge in [-0.25, -0.2) is 4.39 Å². The van der Waals surface area contributed by atoms with E-state index in [1.165, 1.54) is 0 Å². The maximum absolute atomic E-state index is 12.8. The summed E-state index contributed by atoms with van der Waals surface area (Å²) >= 11 is 0. The Kier molecular flexibility index (Phi) is 7.16. The van der Waals surface area contributed by atoms with Gasteiger partial charge in [-0.2, -0.15) is 0 Å². The molecule has 0 bridgehead atoms. The molecule has 0 aliphatic rings. The summed E-state index contributed by atoms with van der Waals surface area (Å²) < 4.78 is 12.5. The summed E-state index contributed by atoms with van der Waals surface area (Å²) in [5, 5.41) is 4.12. The van der Waals surface area contributed by atoms with Gasteiger partial charge in [0.15, 0.2) is 18.2 Å². The van der Waals surface area contributed by atoms with Crippen molar-refractivity contribution >= 4 is 28.2 Å². The standard InChI is InChI=1S/C21H23FN2O3/c1-4-17(19(26)12-22)24-21(27)16(13(2)3)11-18(25)20-15-8-6-5-7-14(15)9-10-23-20/h5-10,12-13,16-17H,1,4,11H2,2-3H3,(H,24,27). The number of aromatic nitrogens is 1. The van der Waals surface area contributed by atoms with Gasteiger partial charge in [0, 0.05) is 23.9 Å². The van der Waals surface area contributed by atoms with Crippen LogP contribution in [0.1, 0.15) is 37.2 Å². The molecule has 1 heterocycles. The van der Waals surface area contributed by atoms with Crippen LogP contribution >= 0.6 is 0 Å². The molecule has 0 aliphatic heterocycles. The molecule has 27 heavy (non-hydrogen) atoms. The number of amides is 1. The normalized spacial score (nSPS) is 13.4. The van der Waals surface area contributed by atoms with Gasteiger partial charge in [0.1, 0.15) is 5.69 Å². The van der Waals surface area contributed by atoms with Gasteiger partial charge < -0.3 is 5.32 Å². The van der Waals surface area contributed by atoms with Crippen molar-refractivity contribution in [3.05, 3.63) is 55.8 Å². The zero-order chi connectivity index (χ0) is 20.0. The lowest BCUT2D eigenvalue weighted by Gasteiger charge is -2.22. The van der Waals surface area contributed by atoms with Crippen molar-refractivity contribution in [2.75, 3.05) is 0 Å². The lowest BCUT2D eigenvalue weighted by Crippen LogP contribution is -2.44. The lowest BCUT2D eigenvalue weighted by molar-refractivity contribution is -0.130.